The van der Waals surface area contributed by atoms with Crippen LogP contribution < -0.4 is 10.6 Å². The van der Waals surface area contributed by atoms with E-state index in [0.717, 1.165) is 18.5 Å². The Morgan fingerprint density at radius 2 is 2.00 bits per heavy atom. The van der Waals surface area contributed by atoms with Gasteiger partial charge in [0.2, 0.25) is 5.91 Å². The molecule has 1 heterocycles. The molecule has 1 unspecified atom stereocenters. The van der Waals surface area contributed by atoms with Crippen LogP contribution in [0.25, 0.3) is 6.08 Å². The van der Waals surface area contributed by atoms with E-state index in [1.54, 1.807) is 12.3 Å². The molecule has 0 radical (unpaired) electrons. The number of nitrogens with one attached hydrogen (secondary N) is 2. The summed E-state index contributed by atoms with van der Waals surface area (Å²) in [4.78, 5) is 28.3. The van der Waals surface area contributed by atoms with E-state index in [9.17, 15) is 9.59 Å². The van der Waals surface area contributed by atoms with Crippen LogP contribution in [-0.4, -0.2) is 34.7 Å². The zero-order chi connectivity index (χ0) is 18.5. The van der Waals surface area contributed by atoms with Crippen molar-refractivity contribution in [3.63, 3.8) is 0 Å². The van der Waals surface area contributed by atoms with E-state index in [4.69, 9.17) is 4.74 Å². The highest BCUT2D eigenvalue weighted by Gasteiger charge is 2.42. The smallest absolute Gasteiger partial charge is 0.407 e. The number of aromatic nitrogens is 1. The van der Waals surface area contributed by atoms with Crippen LogP contribution in [0.1, 0.15) is 46.2 Å². The lowest BCUT2D eigenvalue weighted by atomic mass is 9.95. The minimum absolute atomic E-state index is 0.203. The number of carbonyl (C=O) groups excluding carboxylic acids is 2. The van der Waals surface area contributed by atoms with E-state index < -0.39 is 17.2 Å². The third-order valence-electron chi connectivity index (χ3n) is 3.98. The number of carbonyl (C=O) groups is 2. The highest BCUT2D eigenvalue weighted by Crippen LogP contribution is 2.39. The summed E-state index contributed by atoms with van der Waals surface area (Å²) in [7, 11) is 0. The first kappa shape index (κ1) is 19.0. The maximum atomic E-state index is 12.3. The zero-order valence-electron chi connectivity index (χ0n) is 15.3. The molecule has 6 nitrogen and oxygen atoms in total. The number of pyridine rings is 1. The molecule has 25 heavy (non-hydrogen) atoms. The molecule has 0 bridgehead atoms. The summed E-state index contributed by atoms with van der Waals surface area (Å²) in [6, 6.07) is 5.52. The van der Waals surface area contributed by atoms with E-state index in [1.165, 1.54) is 6.08 Å². The monoisotopic (exact) mass is 345 g/mol. The molecule has 0 spiro atoms. The summed E-state index contributed by atoms with van der Waals surface area (Å²) >= 11 is 0. The van der Waals surface area contributed by atoms with Crippen molar-refractivity contribution in [1.82, 2.24) is 15.6 Å². The Bertz CT molecular complexity index is 633. The number of alkyl carbamates (subject to hydrolysis) is 1. The molecule has 136 valence electrons. The van der Waals surface area contributed by atoms with Crippen molar-refractivity contribution in [3.8, 4) is 0 Å². The van der Waals surface area contributed by atoms with Gasteiger partial charge < -0.3 is 15.4 Å². The number of hydrogen-bond acceptors (Lipinski definition) is 4. The summed E-state index contributed by atoms with van der Waals surface area (Å²) in [6.45, 7) is 7.73. The van der Waals surface area contributed by atoms with Gasteiger partial charge in [-0.3, -0.25) is 9.78 Å². The second-order valence-corrected chi connectivity index (χ2v) is 7.62. The second kappa shape index (κ2) is 7.68. The van der Waals surface area contributed by atoms with E-state index in [0.29, 0.717) is 12.5 Å². The molecular formula is C19H27N3O3. The highest BCUT2D eigenvalue weighted by molar-refractivity contribution is 5.92. The first-order chi connectivity index (χ1) is 11.7. The molecule has 1 aliphatic carbocycles. The number of ether oxygens (including phenoxy) is 1. The molecule has 2 amide bonds. The van der Waals surface area contributed by atoms with Crippen molar-refractivity contribution in [2.45, 2.75) is 51.7 Å². The van der Waals surface area contributed by atoms with Crippen molar-refractivity contribution in [3.05, 3.63) is 36.2 Å². The molecule has 1 saturated carbocycles. The Balaban J connectivity index is 1.91. The maximum Gasteiger partial charge on any atom is 0.407 e. The molecule has 0 saturated heterocycles. The zero-order valence-corrected chi connectivity index (χ0v) is 15.3. The fourth-order valence-electron chi connectivity index (χ4n) is 2.54. The van der Waals surface area contributed by atoms with Gasteiger partial charge in [-0.2, -0.15) is 0 Å². The molecule has 0 aliphatic heterocycles. The lowest BCUT2D eigenvalue weighted by molar-refractivity contribution is -0.118. The topological polar surface area (TPSA) is 80.3 Å². The lowest BCUT2D eigenvalue weighted by Gasteiger charge is -2.31. The highest BCUT2D eigenvalue weighted by atomic mass is 16.6. The van der Waals surface area contributed by atoms with Gasteiger partial charge in [-0.05, 0) is 64.7 Å². The Kier molecular flexibility index (Phi) is 5.82. The van der Waals surface area contributed by atoms with Crippen molar-refractivity contribution < 1.29 is 14.3 Å². The van der Waals surface area contributed by atoms with Gasteiger partial charge in [0.05, 0.1) is 11.2 Å². The van der Waals surface area contributed by atoms with Crippen LogP contribution in [0.2, 0.25) is 0 Å². The number of hydrogen-bond donors (Lipinski definition) is 2. The Morgan fingerprint density at radius 1 is 1.28 bits per heavy atom. The van der Waals surface area contributed by atoms with Crippen molar-refractivity contribution in [2.75, 3.05) is 6.54 Å². The molecule has 1 fully saturated rings. The maximum absolute atomic E-state index is 12.3. The third-order valence-corrected chi connectivity index (χ3v) is 3.98. The van der Waals surface area contributed by atoms with Crippen LogP contribution >= 0.6 is 0 Å². The fourth-order valence-corrected chi connectivity index (χ4v) is 2.54. The SMILES string of the molecule is CC(C)(C)OC(=O)NCC(C)(NC(=O)/C=C/c1ccccn1)C1CC1. The summed E-state index contributed by atoms with van der Waals surface area (Å²) in [5.74, 6) is 0.153. The van der Waals surface area contributed by atoms with Crippen molar-refractivity contribution in [2.24, 2.45) is 5.92 Å². The van der Waals surface area contributed by atoms with Gasteiger partial charge in [-0.1, -0.05) is 6.07 Å². The summed E-state index contributed by atoms with van der Waals surface area (Å²) in [6.07, 6.45) is 6.42. The summed E-state index contributed by atoms with van der Waals surface area (Å²) < 4.78 is 5.26. The van der Waals surface area contributed by atoms with Gasteiger partial charge >= 0.3 is 6.09 Å². The molecule has 0 aromatic carbocycles. The van der Waals surface area contributed by atoms with E-state index in [1.807, 2.05) is 45.9 Å². The average Bonchev–Trinajstić information content (AvgIpc) is 3.36. The van der Waals surface area contributed by atoms with Gasteiger partial charge in [0.15, 0.2) is 0 Å². The van der Waals surface area contributed by atoms with E-state index in [2.05, 4.69) is 15.6 Å². The van der Waals surface area contributed by atoms with Crippen LogP contribution in [0.4, 0.5) is 4.79 Å². The minimum Gasteiger partial charge on any atom is -0.444 e. The summed E-state index contributed by atoms with van der Waals surface area (Å²) in [5.41, 5.74) is -0.324. The van der Waals surface area contributed by atoms with Crippen LogP contribution in [0.15, 0.2) is 30.5 Å². The number of amides is 2. The van der Waals surface area contributed by atoms with E-state index in [-0.39, 0.29) is 5.91 Å². The fraction of sp³-hybridized carbons (Fsp3) is 0.526. The second-order valence-electron chi connectivity index (χ2n) is 7.62. The van der Waals surface area contributed by atoms with Crippen LogP contribution in [0.5, 0.6) is 0 Å². The lowest BCUT2D eigenvalue weighted by Crippen LogP contribution is -2.55. The first-order valence-electron chi connectivity index (χ1n) is 8.56. The molecule has 1 aromatic rings. The predicted molar refractivity (Wildman–Crippen MR) is 96.8 cm³/mol. The molecule has 1 atom stereocenters. The molecule has 2 rings (SSSR count). The predicted octanol–water partition coefficient (Wildman–Crippen LogP) is 2.90. The van der Waals surface area contributed by atoms with Gasteiger partial charge in [0.1, 0.15) is 5.60 Å². The normalized spacial score (nSPS) is 17.0. The largest absolute Gasteiger partial charge is 0.444 e. The van der Waals surface area contributed by atoms with Crippen molar-refractivity contribution >= 4 is 18.1 Å². The standard InChI is InChI=1S/C19H27N3O3/c1-18(2,3)25-17(24)21-13-19(4,14-8-9-14)22-16(23)11-10-15-7-5-6-12-20-15/h5-7,10-12,14H,8-9,13H2,1-4H3,(H,21,24)(H,22,23)/b11-10+. The molecule has 1 aliphatic rings. The van der Waals surface area contributed by atoms with Crippen LogP contribution in [0, 0.1) is 5.92 Å². The molecule has 1 aromatic heterocycles. The van der Waals surface area contributed by atoms with Crippen molar-refractivity contribution in [1.29, 1.82) is 0 Å². The molecule has 2 N–H and O–H groups in total. The number of nitrogens with zero attached hydrogens (tertiary/aromatic N) is 1. The van der Waals surface area contributed by atoms with Crippen LogP contribution in [0.3, 0.4) is 0 Å². The Labute approximate surface area is 149 Å². The third kappa shape index (κ3) is 6.57. The molecular weight excluding hydrogens is 318 g/mol. The minimum atomic E-state index is -0.547. The molecule has 6 heteroatoms. The van der Waals surface area contributed by atoms with Gasteiger partial charge in [-0.25, -0.2) is 4.79 Å². The number of rotatable bonds is 6. The van der Waals surface area contributed by atoms with E-state index >= 15 is 0 Å². The summed E-state index contributed by atoms with van der Waals surface area (Å²) in [5, 5.41) is 5.79. The van der Waals surface area contributed by atoms with Gasteiger partial charge in [0.25, 0.3) is 0 Å². The Hall–Kier alpha value is -2.37. The Morgan fingerprint density at radius 3 is 2.56 bits per heavy atom. The average molecular weight is 345 g/mol. The van der Waals surface area contributed by atoms with Gasteiger partial charge in [0, 0.05) is 18.8 Å². The van der Waals surface area contributed by atoms with Gasteiger partial charge in [-0.15, -0.1) is 0 Å². The van der Waals surface area contributed by atoms with Crippen LogP contribution in [-0.2, 0) is 9.53 Å². The quantitative estimate of drug-likeness (QED) is 0.777. The first-order valence-corrected chi connectivity index (χ1v) is 8.56.